The Bertz CT molecular complexity index is 2160. The molecule has 3 N–H and O–H groups in total. The number of carbonyl (C=O) groups excluding carboxylic acids is 4. The number of unbranched alkanes of at least 4 members (excludes halogenated alkanes) is 56. The van der Waals surface area contributed by atoms with Crippen molar-refractivity contribution >= 4 is 39.5 Å². The van der Waals surface area contributed by atoms with E-state index < -0.39 is 97.5 Å². The molecule has 0 spiro atoms. The zero-order valence-electron chi connectivity index (χ0n) is 74.3. The van der Waals surface area contributed by atoms with Gasteiger partial charge in [0.25, 0.3) is 0 Å². The van der Waals surface area contributed by atoms with E-state index in [1.807, 2.05) is 0 Å². The largest absolute Gasteiger partial charge is 0.472 e. The molecule has 0 heterocycles. The van der Waals surface area contributed by atoms with Crippen molar-refractivity contribution in [2.24, 2.45) is 23.7 Å². The van der Waals surface area contributed by atoms with E-state index in [-0.39, 0.29) is 25.7 Å². The lowest BCUT2D eigenvalue weighted by molar-refractivity contribution is -0.161. The Morgan fingerprint density at radius 2 is 0.375 bits per heavy atom. The molecule has 0 aliphatic heterocycles. The maximum Gasteiger partial charge on any atom is 0.472 e. The van der Waals surface area contributed by atoms with Crippen molar-refractivity contribution in [3.8, 4) is 0 Å². The highest BCUT2D eigenvalue weighted by atomic mass is 31.2. The van der Waals surface area contributed by atoms with Crippen LogP contribution in [0.2, 0.25) is 0 Å². The summed E-state index contributed by atoms with van der Waals surface area (Å²) in [5, 5.41) is 10.7. The van der Waals surface area contributed by atoms with Crippen molar-refractivity contribution in [1.82, 2.24) is 0 Å². The molecule has 19 heteroatoms. The maximum atomic E-state index is 13.2. The normalized spacial score (nSPS) is 13.8. The van der Waals surface area contributed by atoms with E-state index in [0.717, 1.165) is 114 Å². The Morgan fingerprint density at radius 3 is 0.554 bits per heavy atom. The van der Waals surface area contributed by atoms with Gasteiger partial charge in [-0.3, -0.25) is 37.3 Å². The lowest BCUT2D eigenvalue weighted by Crippen LogP contribution is -2.30. The fourth-order valence-electron chi connectivity index (χ4n) is 14.6. The standard InChI is InChI=1S/C93H182O17P2/c1-83(2)69-61-53-45-39-33-27-21-15-9-12-18-24-30-36-42-48-57-65-73-90(95)103-79-88(109-92(97)75-67-59-49-43-37-31-25-19-13-10-16-22-28-34-40-46-54-62-70-84(3)4)81-107-111(99,100)105-77-87(94)78-106-112(101,102)108-82-89(80-104-91(96)74-66-58-52-51-56-64-72-86(7)8)110-93(98)76-68-60-50-44-38-32-26-20-14-11-17-23-29-35-41-47-55-63-71-85(5)6/h83-89,94H,9-82H2,1-8H3,(H,99,100)(H,101,102)/t87?,88-,89-/m1/s1. The number of phosphoric ester groups is 2. The Morgan fingerprint density at radius 1 is 0.223 bits per heavy atom. The molecule has 666 valence electrons. The minimum atomic E-state index is -4.97. The van der Waals surface area contributed by atoms with Gasteiger partial charge >= 0.3 is 39.5 Å². The summed E-state index contributed by atoms with van der Waals surface area (Å²) in [6.07, 6.45) is 74.0. The number of hydrogen-bond acceptors (Lipinski definition) is 15. The van der Waals surface area contributed by atoms with Gasteiger partial charge in [0.1, 0.15) is 19.3 Å². The molecule has 0 fully saturated rings. The van der Waals surface area contributed by atoms with E-state index in [9.17, 15) is 43.2 Å². The van der Waals surface area contributed by atoms with Crippen molar-refractivity contribution in [3.63, 3.8) is 0 Å². The second kappa shape index (κ2) is 81.4. The third kappa shape index (κ3) is 85.9. The molecular weight excluding hydrogens is 1450 g/mol. The van der Waals surface area contributed by atoms with Crippen molar-refractivity contribution in [2.75, 3.05) is 39.6 Å². The molecule has 0 rings (SSSR count). The van der Waals surface area contributed by atoms with Crippen molar-refractivity contribution in [1.29, 1.82) is 0 Å². The highest BCUT2D eigenvalue weighted by Crippen LogP contribution is 2.45. The molecule has 0 aliphatic rings. The zero-order valence-corrected chi connectivity index (χ0v) is 76.1. The molecule has 0 bridgehead atoms. The van der Waals surface area contributed by atoms with Crippen LogP contribution >= 0.6 is 15.6 Å². The highest BCUT2D eigenvalue weighted by Gasteiger charge is 2.31. The number of rotatable bonds is 90. The molecule has 0 saturated heterocycles. The summed E-state index contributed by atoms with van der Waals surface area (Å²) < 4.78 is 69.1. The zero-order chi connectivity index (χ0) is 82.3. The number of hydrogen-bond donors (Lipinski definition) is 3. The average Bonchev–Trinajstić information content (AvgIpc) is 0.701. The lowest BCUT2D eigenvalue weighted by Gasteiger charge is -2.21. The van der Waals surface area contributed by atoms with Crippen molar-refractivity contribution in [2.45, 2.75) is 510 Å². The van der Waals surface area contributed by atoms with Crippen LogP contribution in [0.1, 0.15) is 492 Å². The molecule has 3 unspecified atom stereocenters. The third-order valence-electron chi connectivity index (χ3n) is 21.8. The van der Waals surface area contributed by atoms with Crippen LogP contribution in [0.15, 0.2) is 0 Å². The van der Waals surface area contributed by atoms with Gasteiger partial charge in [-0.2, -0.15) is 0 Å². The van der Waals surface area contributed by atoms with Crippen LogP contribution < -0.4 is 0 Å². The summed E-state index contributed by atoms with van der Waals surface area (Å²) in [5.41, 5.74) is 0. The van der Waals surface area contributed by atoms with E-state index in [1.165, 1.54) is 289 Å². The number of esters is 4. The Balaban J connectivity index is 5.19. The van der Waals surface area contributed by atoms with Crippen LogP contribution in [0.3, 0.4) is 0 Å². The minimum Gasteiger partial charge on any atom is -0.462 e. The molecule has 0 radical (unpaired) electrons. The summed E-state index contributed by atoms with van der Waals surface area (Å²) in [6.45, 7) is 14.4. The predicted molar refractivity (Wildman–Crippen MR) is 464 cm³/mol. The molecule has 0 aromatic carbocycles. The molecule has 17 nitrogen and oxygen atoms in total. The van der Waals surface area contributed by atoms with E-state index in [4.69, 9.17) is 37.0 Å². The first kappa shape index (κ1) is 110. The number of aliphatic hydroxyl groups excluding tert-OH is 1. The summed E-state index contributed by atoms with van der Waals surface area (Å²) in [7, 11) is -9.94. The van der Waals surface area contributed by atoms with Crippen LogP contribution in [0.5, 0.6) is 0 Å². The van der Waals surface area contributed by atoms with E-state index in [1.54, 1.807) is 0 Å². The van der Waals surface area contributed by atoms with Crippen LogP contribution in [-0.2, 0) is 65.4 Å². The van der Waals surface area contributed by atoms with Crippen molar-refractivity contribution in [3.05, 3.63) is 0 Å². The number of phosphoric acid groups is 2. The fourth-order valence-corrected chi connectivity index (χ4v) is 16.1. The number of aliphatic hydroxyl groups is 1. The maximum absolute atomic E-state index is 13.2. The Hall–Kier alpha value is -1.94. The second-order valence-electron chi connectivity index (χ2n) is 35.3. The van der Waals surface area contributed by atoms with E-state index >= 15 is 0 Å². The minimum absolute atomic E-state index is 0.107. The van der Waals surface area contributed by atoms with Gasteiger partial charge in [0, 0.05) is 25.7 Å². The van der Waals surface area contributed by atoms with Gasteiger partial charge in [-0.05, 0) is 49.4 Å². The second-order valence-corrected chi connectivity index (χ2v) is 38.2. The quantitative estimate of drug-likeness (QED) is 0.0222. The molecule has 0 aromatic rings. The number of carbonyl (C=O) groups is 4. The van der Waals surface area contributed by atoms with Crippen LogP contribution in [0.4, 0.5) is 0 Å². The first-order valence-corrected chi connectivity index (χ1v) is 50.7. The SMILES string of the molecule is CC(C)CCCCCCCCCCCCCCCCCCCCC(=O)OC[C@H](COP(=O)(O)OCC(O)COP(=O)(O)OC[C@@H](COC(=O)CCCCCCCCC(C)C)OC(=O)CCCCCCCCCCCCCCCCCCCCC(C)C)OC(=O)CCCCCCCCCCCCCCCCCCCCC(C)C. The molecule has 112 heavy (non-hydrogen) atoms. The number of ether oxygens (including phenoxy) is 4. The van der Waals surface area contributed by atoms with Gasteiger partial charge in [-0.25, -0.2) is 9.13 Å². The Labute approximate surface area is 689 Å². The first-order valence-electron chi connectivity index (χ1n) is 47.7. The smallest absolute Gasteiger partial charge is 0.462 e. The van der Waals surface area contributed by atoms with Gasteiger partial charge < -0.3 is 33.8 Å². The highest BCUT2D eigenvalue weighted by molar-refractivity contribution is 7.47. The van der Waals surface area contributed by atoms with Gasteiger partial charge in [0.15, 0.2) is 12.2 Å². The van der Waals surface area contributed by atoms with E-state index in [0.29, 0.717) is 31.6 Å². The van der Waals surface area contributed by atoms with Crippen LogP contribution in [0.25, 0.3) is 0 Å². The van der Waals surface area contributed by atoms with Gasteiger partial charge in [-0.15, -0.1) is 0 Å². The summed E-state index contributed by atoms with van der Waals surface area (Å²) in [6, 6.07) is 0. The van der Waals surface area contributed by atoms with Crippen LogP contribution in [0, 0.1) is 23.7 Å². The van der Waals surface area contributed by atoms with Gasteiger partial charge in [0.05, 0.1) is 26.4 Å². The van der Waals surface area contributed by atoms with Gasteiger partial charge in [0.2, 0.25) is 0 Å². The lowest BCUT2D eigenvalue weighted by atomic mass is 10.0. The summed E-state index contributed by atoms with van der Waals surface area (Å²) >= 11 is 0. The molecule has 0 saturated carbocycles. The molecule has 0 amide bonds. The molecule has 0 aliphatic carbocycles. The molecular formula is C93H182O17P2. The monoisotopic (exact) mass is 1630 g/mol. The first-order chi connectivity index (χ1) is 54.1. The van der Waals surface area contributed by atoms with Gasteiger partial charge in [-0.1, -0.05) is 441 Å². The van der Waals surface area contributed by atoms with E-state index in [2.05, 4.69) is 55.4 Å². The Kier molecular flexibility index (Phi) is 80.0. The topological polar surface area (TPSA) is 237 Å². The predicted octanol–water partition coefficient (Wildman–Crippen LogP) is 28.7. The average molecular weight is 1630 g/mol. The molecule has 0 aromatic heterocycles. The van der Waals surface area contributed by atoms with Crippen LogP contribution in [-0.4, -0.2) is 96.7 Å². The van der Waals surface area contributed by atoms with Crippen molar-refractivity contribution < 1.29 is 80.2 Å². The fraction of sp³-hybridized carbons (Fsp3) is 0.957. The summed E-state index contributed by atoms with van der Waals surface area (Å²) in [4.78, 5) is 73.4. The summed E-state index contributed by atoms with van der Waals surface area (Å²) in [5.74, 6) is 1.04. The molecule has 5 atom stereocenters. The third-order valence-corrected chi connectivity index (χ3v) is 23.7.